The van der Waals surface area contributed by atoms with E-state index in [4.69, 9.17) is 0 Å². The zero-order valence-electron chi connectivity index (χ0n) is 11.3. The molecule has 0 amide bonds. The zero-order valence-corrected chi connectivity index (χ0v) is 12.1. The second-order valence-corrected chi connectivity index (χ2v) is 5.82. The third-order valence-electron chi connectivity index (χ3n) is 3.48. The van der Waals surface area contributed by atoms with Crippen molar-refractivity contribution in [1.29, 1.82) is 0 Å². The van der Waals surface area contributed by atoms with E-state index < -0.39 is 0 Å². The van der Waals surface area contributed by atoms with Crippen LogP contribution in [-0.4, -0.2) is 14.4 Å². The van der Waals surface area contributed by atoms with Gasteiger partial charge in [-0.3, -0.25) is 9.38 Å². The molecule has 4 rings (SSSR count). The van der Waals surface area contributed by atoms with Crippen LogP contribution in [0.5, 0.6) is 0 Å². The number of thioether (sulfide) groups is 1. The van der Waals surface area contributed by atoms with Gasteiger partial charge in [0.15, 0.2) is 5.16 Å². The highest BCUT2D eigenvalue weighted by molar-refractivity contribution is 7.98. The van der Waals surface area contributed by atoms with E-state index in [1.807, 2.05) is 36.8 Å². The maximum absolute atomic E-state index is 4.49. The molecule has 102 valence electrons. The average Bonchev–Trinajstić information content (AvgIpc) is 2.96. The van der Waals surface area contributed by atoms with Crippen molar-refractivity contribution in [2.45, 2.75) is 10.9 Å². The number of imidazole rings is 1. The van der Waals surface area contributed by atoms with E-state index in [1.165, 1.54) is 16.3 Å². The lowest BCUT2D eigenvalue weighted by molar-refractivity contribution is 0.957. The van der Waals surface area contributed by atoms with Crippen LogP contribution in [0.1, 0.15) is 5.56 Å². The molecule has 3 aromatic heterocycles. The molecule has 0 unspecified atom stereocenters. The number of hydrogen-bond donors (Lipinski definition) is 0. The molecular weight excluding hydrogens is 278 g/mol. The number of rotatable bonds is 3. The molecular formula is C17H13N3S. The Morgan fingerprint density at radius 1 is 1.00 bits per heavy atom. The van der Waals surface area contributed by atoms with Gasteiger partial charge in [0.25, 0.3) is 0 Å². The molecule has 0 radical (unpaired) electrons. The van der Waals surface area contributed by atoms with E-state index in [2.05, 4.69) is 44.8 Å². The van der Waals surface area contributed by atoms with Crippen LogP contribution in [0.4, 0.5) is 0 Å². The van der Waals surface area contributed by atoms with Crippen LogP contribution in [0.3, 0.4) is 0 Å². The van der Waals surface area contributed by atoms with E-state index in [0.29, 0.717) is 0 Å². The highest BCUT2D eigenvalue weighted by Crippen LogP contribution is 2.24. The van der Waals surface area contributed by atoms with Gasteiger partial charge in [-0.15, -0.1) is 0 Å². The van der Waals surface area contributed by atoms with Crippen molar-refractivity contribution in [2.75, 3.05) is 0 Å². The summed E-state index contributed by atoms with van der Waals surface area (Å²) in [5.74, 6) is 0.902. The highest BCUT2D eigenvalue weighted by Gasteiger charge is 2.04. The molecule has 21 heavy (non-hydrogen) atoms. The van der Waals surface area contributed by atoms with Gasteiger partial charge in [-0.2, -0.15) is 0 Å². The molecule has 0 saturated carbocycles. The maximum Gasteiger partial charge on any atom is 0.172 e. The highest BCUT2D eigenvalue weighted by atomic mass is 32.2. The van der Waals surface area contributed by atoms with E-state index in [-0.39, 0.29) is 0 Å². The van der Waals surface area contributed by atoms with Crippen LogP contribution in [0.25, 0.3) is 16.3 Å². The van der Waals surface area contributed by atoms with E-state index >= 15 is 0 Å². The summed E-state index contributed by atoms with van der Waals surface area (Å²) in [4.78, 5) is 8.67. The molecule has 0 N–H and O–H groups in total. The maximum atomic E-state index is 4.49. The second-order valence-electron chi connectivity index (χ2n) is 4.88. The van der Waals surface area contributed by atoms with Crippen LogP contribution < -0.4 is 0 Å². The van der Waals surface area contributed by atoms with Crippen molar-refractivity contribution in [1.82, 2.24) is 14.4 Å². The largest absolute Gasteiger partial charge is 0.295 e. The molecule has 0 saturated heterocycles. The fourth-order valence-electron chi connectivity index (χ4n) is 2.40. The lowest BCUT2D eigenvalue weighted by Crippen LogP contribution is -1.88. The Kier molecular flexibility index (Phi) is 3.09. The number of fused-ring (bicyclic) bond motifs is 2. The molecule has 4 heteroatoms. The Bertz CT molecular complexity index is 914. The predicted molar refractivity (Wildman–Crippen MR) is 86.5 cm³/mol. The Balaban J connectivity index is 1.60. The molecule has 3 heterocycles. The quantitative estimate of drug-likeness (QED) is 0.531. The van der Waals surface area contributed by atoms with Crippen molar-refractivity contribution in [3.05, 3.63) is 72.8 Å². The molecule has 0 aliphatic rings. The normalized spacial score (nSPS) is 11.2. The van der Waals surface area contributed by atoms with Crippen molar-refractivity contribution < 1.29 is 0 Å². The van der Waals surface area contributed by atoms with Gasteiger partial charge >= 0.3 is 0 Å². The zero-order chi connectivity index (χ0) is 14.1. The van der Waals surface area contributed by atoms with Crippen LogP contribution in [0, 0.1) is 0 Å². The van der Waals surface area contributed by atoms with E-state index in [9.17, 15) is 0 Å². The second kappa shape index (κ2) is 5.22. The van der Waals surface area contributed by atoms with Crippen molar-refractivity contribution in [3.8, 4) is 0 Å². The van der Waals surface area contributed by atoms with Gasteiger partial charge in [-0.1, -0.05) is 30.0 Å². The van der Waals surface area contributed by atoms with E-state index in [0.717, 1.165) is 16.4 Å². The molecule has 0 spiro atoms. The molecule has 3 nitrogen and oxygen atoms in total. The monoisotopic (exact) mass is 291 g/mol. The van der Waals surface area contributed by atoms with Crippen LogP contribution in [0.15, 0.2) is 72.4 Å². The summed E-state index contributed by atoms with van der Waals surface area (Å²) in [5, 5.41) is 3.44. The number of hydrogen-bond acceptors (Lipinski definition) is 3. The summed E-state index contributed by atoms with van der Waals surface area (Å²) < 4.78 is 2.12. The van der Waals surface area contributed by atoms with Gasteiger partial charge in [0, 0.05) is 29.7 Å². The third-order valence-corrected chi connectivity index (χ3v) is 4.52. The Labute approximate surface area is 126 Å². The minimum absolute atomic E-state index is 0.902. The molecule has 0 bridgehead atoms. The Hall–Kier alpha value is -2.33. The predicted octanol–water partition coefficient (Wildman–Crippen LogP) is 4.17. The minimum atomic E-state index is 0.902. The summed E-state index contributed by atoms with van der Waals surface area (Å²) >= 11 is 1.75. The fraction of sp³-hybridized carbons (Fsp3) is 0.0588. The van der Waals surface area contributed by atoms with Crippen molar-refractivity contribution >= 4 is 28.1 Å². The van der Waals surface area contributed by atoms with Crippen LogP contribution in [0.2, 0.25) is 0 Å². The number of aromatic nitrogens is 3. The van der Waals surface area contributed by atoms with Gasteiger partial charge in [-0.05, 0) is 35.2 Å². The summed E-state index contributed by atoms with van der Waals surface area (Å²) in [6, 6.07) is 14.7. The lowest BCUT2D eigenvalue weighted by atomic mass is 10.1. The number of pyridine rings is 2. The Morgan fingerprint density at radius 2 is 2.00 bits per heavy atom. The first kappa shape index (κ1) is 12.4. The van der Waals surface area contributed by atoms with E-state index in [1.54, 1.807) is 11.8 Å². The first-order chi connectivity index (χ1) is 10.4. The molecule has 1 aromatic carbocycles. The smallest absolute Gasteiger partial charge is 0.172 e. The van der Waals surface area contributed by atoms with Crippen LogP contribution in [-0.2, 0) is 5.75 Å². The topological polar surface area (TPSA) is 30.2 Å². The van der Waals surface area contributed by atoms with Gasteiger partial charge in [-0.25, -0.2) is 4.98 Å². The average molecular weight is 291 g/mol. The van der Waals surface area contributed by atoms with Crippen LogP contribution >= 0.6 is 11.8 Å². The first-order valence-corrected chi connectivity index (χ1v) is 7.76. The molecule has 0 atom stereocenters. The summed E-state index contributed by atoms with van der Waals surface area (Å²) in [6.45, 7) is 0. The standard InChI is InChI=1S/C17H13N3S/c1-2-8-20-16(3-1)11-19-17(20)21-12-13-4-5-14-6-7-18-10-15(14)9-13/h1-11H,12H2. The van der Waals surface area contributed by atoms with Gasteiger partial charge < -0.3 is 0 Å². The molecule has 0 aliphatic heterocycles. The molecule has 0 aliphatic carbocycles. The lowest BCUT2D eigenvalue weighted by Gasteiger charge is -2.03. The number of benzene rings is 1. The molecule has 4 aromatic rings. The summed E-state index contributed by atoms with van der Waals surface area (Å²) in [7, 11) is 0. The summed E-state index contributed by atoms with van der Waals surface area (Å²) in [6.07, 6.45) is 7.70. The third kappa shape index (κ3) is 2.38. The fourth-order valence-corrected chi connectivity index (χ4v) is 3.31. The van der Waals surface area contributed by atoms with Gasteiger partial charge in [0.2, 0.25) is 0 Å². The minimum Gasteiger partial charge on any atom is -0.295 e. The SMILES string of the molecule is c1ccn2c(SCc3ccc4ccncc4c3)ncc2c1. The first-order valence-electron chi connectivity index (χ1n) is 6.78. The summed E-state index contributed by atoms with van der Waals surface area (Å²) in [5.41, 5.74) is 2.41. The van der Waals surface area contributed by atoms with Crippen molar-refractivity contribution in [3.63, 3.8) is 0 Å². The number of nitrogens with zero attached hydrogens (tertiary/aromatic N) is 3. The van der Waals surface area contributed by atoms with Gasteiger partial charge in [0.05, 0.1) is 11.7 Å². The van der Waals surface area contributed by atoms with Crippen molar-refractivity contribution in [2.24, 2.45) is 0 Å². The molecule has 0 fully saturated rings. The van der Waals surface area contributed by atoms with Gasteiger partial charge in [0.1, 0.15) is 0 Å². The Morgan fingerprint density at radius 3 is 3.00 bits per heavy atom.